The summed E-state index contributed by atoms with van der Waals surface area (Å²) in [6.45, 7) is 2.53. The van der Waals surface area contributed by atoms with E-state index in [4.69, 9.17) is 0 Å². The average molecular weight is 321 g/mol. The van der Waals surface area contributed by atoms with Crippen molar-refractivity contribution in [3.8, 4) is 10.6 Å². The monoisotopic (exact) mass is 321 g/mol. The van der Waals surface area contributed by atoms with Gasteiger partial charge in [-0.2, -0.15) is 0 Å². The number of rotatable bonds is 2. The number of aromatic nitrogens is 1. The highest BCUT2D eigenvalue weighted by atomic mass is 32.2. The van der Waals surface area contributed by atoms with Crippen LogP contribution in [0.3, 0.4) is 0 Å². The Hall–Kier alpha value is -1.73. The molecule has 2 heterocycles. The maximum Gasteiger partial charge on any atom is 0.269 e. The van der Waals surface area contributed by atoms with E-state index in [-0.39, 0.29) is 11.7 Å². The lowest BCUT2D eigenvalue weighted by atomic mass is 10.2. The molecule has 1 aromatic heterocycles. The number of amides is 1. The topological polar surface area (TPSA) is 54.4 Å². The van der Waals surface area contributed by atoms with Crippen LogP contribution in [0.4, 0.5) is 4.39 Å². The number of nitrogens with zero attached hydrogens (tertiary/aromatic N) is 2. The van der Waals surface area contributed by atoms with Crippen molar-refractivity contribution in [1.29, 1.82) is 0 Å². The first-order chi connectivity index (χ1) is 10.1. The number of aliphatic imine (C=N–C) groups is 1. The predicted molar refractivity (Wildman–Crippen MR) is 84.5 cm³/mol. The smallest absolute Gasteiger partial charge is 0.269 e. The van der Waals surface area contributed by atoms with Crippen LogP contribution < -0.4 is 5.32 Å². The van der Waals surface area contributed by atoms with Crippen LogP contribution in [0.5, 0.6) is 0 Å². The fourth-order valence-corrected chi connectivity index (χ4v) is 3.58. The molecule has 0 saturated heterocycles. The number of hydrogen-bond acceptors (Lipinski definition) is 5. The number of amidine groups is 1. The van der Waals surface area contributed by atoms with Crippen molar-refractivity contribution in [3.05, 3.63) is 40.7 Å². The van der Waals surface area contributed by atoms with E-state index in [1.54, 1.807) is 19.1 Å². The SMILES string of the molecule is Cc1nc(-c2ccc(F)cc2)sc1C(=O)NC1=NCCS1. The Morgan fingerprint density at radius 3 is 2.76 bits per heavy atom. The van der Waals surface area contributed by atoms with Crippen LogP contribution in [-0.4, -0.2) is 28.4 Å². The molecular formula is C14H12FN3OS2. The van der Waals surface area contributed by atoms with Gasteiger partial charge in [0.2, 0.25) is 0 Å². The highest BCUT2D eigenvalue weighted by Crippen LogP contribution is 2.28. The largest absolute Gasteiger partial charge is 0.301 e. The summed E-state index contributed by atoms with van der Waals surface area (Å²) in [5.74, 6) is 0.422. The summed E-state index contributed by atoms with van der Waals surface area (Å²) in [4.78, 5) is 21.4. The second-order valence-electron chi connectivity index (χ2n) is 4.43. The predicted octanol–water partition coefficient (Wildman–Crippen LogP) is 3.09. The minimum atomic E-state index is -0.290. The Kier molecular flexibility index (Phi) is 4.03. The van der Waals surface area contributed by atoms with Crippen molar-refractivity contribution in [2.75, 3.05) is 12.3 Å². The van der Waals surface area contributed by atoms with Gasteiger partial charge >= 0.3 is 0 Å². The molecule has 0 saturated carbocycles. The van der Waals surface area contributed by atoms with Crippen LogP contribution in [0.2, 0.25) is 0 Å². The van der Waals surface area contributed by atoms with Crippen LogP contribution in [0.1, 0.15) is 15.4 Å². The van der Waals surface area contributed by atoms with Crippen LogP contribution >= 0.6 is 23.1 Å². The van der Waals surface area contributed by atoms with E-state index in [1.165, 1.54) is 35.2 Å². The fourth-order valence-electron chi connectivity index (χ4n) is 1.89. The van der Waals surface area contributed by atoms with Crippen molar-refractivity contribution >= 4 is 34.2 Å². The lowest BCUT2D eigenvalue weighted by Gasteiger charge is -2.01. The van der Waals surface area contributed by atoms with E-state index in [1.807, 2.05) is 0 Å². The fraction of sp³-hybridized carbons (Fsp3) is 0.214. The Morgan fingerprint density at radius 2 is 2.10 bits per heavy atom. The number of thiazole rings is 1. The first kappa shape index (κ1) is 14.2. The van der Waals surface area contributed by atoms with Gasteiger partial charge in [0.05, 0.1) is 12.2 Å². The minimum Gasteiger partial charge on any atom is -0.301 e. The van der Waals surface area contributed by atoms with Gasteiger partial charge in [-0.3, -0.25) is 9.79 Å². The van der Waals surface area contributed by atoms with E-state index in [2.05, 4.69) is 15.3 Å². The molecule has 1 aromatic carbocycles. The molecule has 3 rings (SSSR count). The third-order valence-electron chi connectivity index (χ3n) is 2.90. The summed E-state index contributed by atoms with van der Waals surface area (Å²) in [6, 6.07) is 6.09. The number of carbonyl (C=O) groups excluding carboxylic acids is 1. The van der Waals surface area contributed by atoms with Crippen molar-refractivity contribution in [2.24, 2.45) is 4.99 Å². The third-order valence-corrected chi connectivity index (χ3v) is 5.00. The number of carbonyl (C=O) groups is 1. The van der Waals surface area contributed by atoms with E-state index < -0.39 is 0 Å². The zero-order valence-corrected chi connectivity index (χ0v) is 12.9. The molecule has 2 aromatic rings. The lowest BCUT2D eigenvalue weighted by Crippen LogP contribution is -2.27. The Bertz CT molecular complexity index is 710. The maximum absolute atomic E-state index is 12.9. The Balaban J connectivity index is 1.83. The summed E-state index contributed by atoms with van der Waals surface area (Å²) < 4.78 is 12.9. The molecule has 108 valence electrons. The van der Waals surface area contributed by atoms with E-state index in [0.29, 0.717) is 20.7 Å². The van der Waals surface area contributed by atoms with Gasteiger partial charge in [0.1, 0.15) is 15.7 Å². The number of benzene rings is 1. The number of halogens is 1. The second-order valence-corrected chi connectivity index (χ2v) is 6.51. The molecule has 0 fully saturated rings. The van der Waals surface area contributed by atoms with Gasteiger partial charge in [-0.1, -0.05) is 11.8 Å². The third kappa shape index (κ3) is 3.14. The van der Waals surface area contributed by atoms with Gasteiger partial charge in [0.25, 0.3) is 5.91 Å². The second kappa shape index (κ2) is 5.95. The number of hydrogen-bond donors (Lipinski definition) is 1. The van der Waals surface area contributed by atoms with E-state index in [0.717, 1.165) is 17.9 Å². The summed E-state index contributed by atoms with van der Waals surface area (Å²) in [7, 11) is 0. The molecule has 7 heteroatoms. The highest BCUT2D eigenvalue weighted by Gasteiger charge is 2.19. The molecule has 1 aliphatic heterocycles. The normalized spacial score (nSPS) is 14.1. The summed E-state index contributed by atoms with van der Waals surface area (Å²) >= 11 is 2.84. The Morgan fingerprint density at radius 1 is 1.33 bits per heavy atom. The standard InChI is InChI=1S/C14H12FN3OS2/c1-8-11(12(19)18-14-16-6-7-20-14)21-13(17-8)9-2-4-10(15)5-3-9/h2-5H,6-7H2,1H3,(H,16,18,19). The molecule has 0 aliphatic carbocycles. The molecule has 1 N–H and O–H groups in total. The average Bonchev–Trinajstić information content (AvgIpc) is 3.09. The molecular weight excluding hydrogens is 309 g/mol. The van der Waals surface area contributed by atoms with Crippen molar-refractivity contribution in [3.63, 3.8) is 0 Å². The van der Waals surface area contributed by atoms with Crippen molar-refractivity contribution < 1.29 is 9.18 Å². The highest BCUT2D eigenvalue weighted by molar-refractivity contribution is 8.14. The first-order valence-corrected chi connectivity index (χ1v) is 8.15. The maximum atomic E-state index is 12.9. The number of aryl methyl sites for hydroxylation is 1. The molecule has 0 unspecified atom stereocenters. The van der Waals surface area contributed by atoms with E-state index >= 15 is 0 Å². The molecule has 1 amide bonds. The molecule has 0 atom stereocenters. The lowest BCUT2D eigenvalue weighted by molar-refractivity contribution is 0.0981. The van der Waals surface area contributed by atoms with Gasteiger partial charge < -0.3 is 5.32 Å². The van der Waals surface area contributed by atoms with Crippen LogP contribution in [0.15, 0.2) is 29.3 Å². The summed E-state index contributed by atoms with van der Waals surface area (Å²) in [5.41, 5.74) is 1.47. The van der Waals surface area contributed by atoms with Crippen LogP contribution in [0, 0.1) is 12.7 Å². The molecule has 0 bridgehead atoms. The van der Waals surface area contributed by atoms with Gasteiger partial charge in [0.15, 0.2) is 5.17 Å². The molecule has 0 spiro atoms. The van der Waals surface area contributed by atoms with Crippen molar-refractivity contribution in [1.82, 2.24) is 10.3 Å². The van der Waals surface area contributed by atoms with Gasteiger partial charge in [-0.05, 0) is 31.2 Å². The molecule has 0 radical (unpaired) electrons. The zero-order chi connectivity index (χ0) is 14.8. The van der Waals surface area contributed by atoms with Gasteiger partial charge in [-0.15, -0.1) is 11.3 Å². The van der Waals surface area contributed by atoms with Gasteiger partial charge in [0, 0.05) is 11.3 Å². The summed E-state index contributed by atoms with van der Waals surface area (Å²) in [5, 5.41) is 4.16. The van der Waals surface area contributed by atoms with Crippen LogP contribution in [0.25, 0.3) is 10.6 Å². The minimum absolute atomic E-state index is 0.188. The van der Waals surface area contributed by atoms with Gasteiger partial charge in [-0.25, -0.2) is 9.37 Å². The number of nitrogens with one attached hydrogen (secondary N) is 1. The first-order valence-electron chi connectivity index (χ1n) is 6.35. The van der Waals surface area contributed by atoms with E-state index in [9.17, 15) is 9.18 Å². The Labute approximate surface area is 129 Å². The van der Waals surface area contributed by atoms with Crippen molar-refractivity contribution in [2.45, 2.75) is 6.92 Å². The quantitative estimate of drug-likeness (QED) is 0.925. The molecule has 4 nitrogen and oxygen atoms in total. The molecule has 1 aliphatic rings. The summed E-state index contributed by atoms with van der Waals surface area (Å²) in [6.07, 6.45) is 0. The number of thioether (sulfide) groups is 1. The molecule has 21 heavy (non-hydrogen) atoms. The van der Waals surface area contributed by atoms with Crippen LogP contribution in [-0.2, 0) is 0 Å². The zero-order valence-electron chi connectivity index (χ0n) is 11.2.